The van der Waals surface area contributed by atoms with Crippen molar-refractivity contribution in [2.75, 3.05) is 0 Å². The zero-order chi connectivity index (χ0) is 11.1. The number of hydrogen-bond donors (Lipinski definition) is 1. The van der Waals surface area contributed by atoms with Crippen LogP contribution in [0.25, 0.3) is 0 Å². The van der Waals surface area contributed by atoms with Crippen LogP contribution in [0, 0.1) is 5.82 Å². The van der Waals surface area contributed by atoms with Crippen LogP contribution < -0.4 is 5.69 Å². The van der Waals surface area contributed by atoms with E-state index in [4.69, 9.17) is 0 Å². The first-order valence-corrected chi connectivity index (χ1v) is 5.02. The normalized spacial score (nSPS) is 18.7. The van der Waals surface area contributed by atoms with E-state index in [2.05, 4.69) is 15.2 Å². The van der Waals surface area contributed by atoms with Gasteiger partial charge in [-0.2, -0.15) is 5.10 Å². The highest BCUT2D eigenvalue weighted by Gasteiger charge is 2.27. The average Bonchev–Trinajstić information content (AvgIpc) is 2.82. The lowest BCUT2D eigenvalue weighted by Crippen LogP contribution is -2.20. The zero-order valence-corrected chi connectivity index (χ0v) is 8.35. The predicted molar refractivity (Wildman–Crippen MR) is 53.5 cm³/mol. The number of rotatable bonds is 1. The smallest absolute Gasteiger partial charge is 0.271 e. The van der Waals surface area contributed by atoms with E-state index in [9.17, 15) is 9.18 Å². The van der Waals surface area contributed by atoms with Gasteiger partial charge in [0.2, 0.25) is 0 Å². The van der Waals surface area contributed by atoms with Gasteiger partial charge in [0.15, 0.2) is 0 Å². The molecule has 0 saturated carbocycles. The van der Waals surface area contributed by atoms with E-state index in [0.29, 0.717) is 5.56 Å². The molecule has 16 heavy (non-hydrogen) atoms. The lowest BCUT2D eigenvalue weighted by atomic mass is 10.1. The summed E-state index contributed by atoms with van der Waals surface area (Å²) in [4.78, 5) is 15.3. The topological polar surface area (TPSA) is 63.6 Å². The molecule has 0 radical (unpaired) electrons. The Morgan fingerprint density at radius 2 is 2.38 bits per heavy atom. The lowest BCUT2D eigenvalue weighted by molar-refractivity contribution is 0.576. The second-order valence-corrected chi connectivity index (χ2v) is 3.81. The van der Waals surface area contributed by atoms with Crippen LogP contribution in [-0.2, 0) is 6.42 Å². The molecular formula is C10H9FN4O. The Balaban J connectivity index is 2.10. The molecule has 3 rings (SSSR count). The first kappa shape index (κ1) is 9.26. The van der Waals surface area contributed by atoms with Gasteiger partial charge in [0.05, 0.1) is 12.2 Å². The van der Waals surface area contributed by atoms with Gasteiger partial charge in [-0.25, -0.2) is 14.3 Å². The van der Waals surface area contributed by atoms with Crippen LogP contribution in [0.1, 0.15) is 23.9 Å². The van der Waals surface area contributed by atoms with Crippen LogP contribution in [0.5, 0.6) is 0 Å². The van der Waals surface area contributed by atoms with Crippen molar-refractivity contribution in [3.05, 3.63) is 46.1 Å². The van der Waals surface area contributed by atoms with E-state index in [0.717, 1.165) is 24.9 Å². The summed E-state index contributed by atoms with van der Waals surface area (Å²) in [6.07, 6.45) is 4.22. The fourth-order valence-corrected chi connectivity index (χ4v) is 2.16. The molecule has 2 aromatic rings. The minimum Gasteiger partial charge on any atom is -0.271 e. The molecule has 0 fully saturated rings. The molecule has 1 aliphatic rings. The number of aromatic amines is 1. The molecule has 3 heterocycles. The van der Waals surface area contributed by atoms with Crippen LogP contribution in [0.3, 0.4) is 0 Å². The maximum Gasteiger partial charge on any atom is 0.343 e. The number of nitrogens with zero attached hydrogens (tertiary/aromatic N) is 3. The molecule has 0 amide bonds. The second-order valence-electron chi connectivity index (χ2n) is 3.81. The SMILES string of the molecule is O=c1[nH]nc2n1[C@@H](c1cncc(F)c1)CC2. The van der Waals surface area contributed by atoms with Crippen molar-refractivity contribution in [2.45, 2.75) is 18.9 Å². The Kier molecular flexibility index (Phi) is 1.89. The molecule has 2 aromatic heterocycles. The van der Waals surface area contributed by atoms with Crippen molar-refractivity contribution in [3.63, 3.8) is 0 Å². The van der Waals surface area contributed by atoms with E-state index in [-0.39, 0.29) is 17.5 Å². The highest BCUT2D eigenvalue weighted by molar-refractivity contribution is 5.19. The molecule has 1 atom stereocenters. The van der Waals surface area contributed by atoms with Crippen LogP contribution >= 0.6 is 0 Å². The molecule has 0 aromatic carbocycles. The first-order valence-electron chi connectivity index (χ1n) is 5.02. The summed E-state index contributed by atoms with van der Waals surface area (Å²) in [7, 11) is 0. The van der Waals surface area contributed by atoms with Gasteiger partial charge in [0.1, 0.15) is 11.6 Å². The molecule has 0 bridgehead atoms. The largest absolute Gasteiger partial charge is 0.343 e. The van der Waals surface area contributed by atoms with Gasteiger partial charge in [-0.15, -0.1) is 0 Å². The monoisotopic (exact) mass is 220 g/mol. The molecule has 0 spiro atoms. The van der Waals surface area contributed by atoms with E-state index < -0.39 is 0 Å². The predicted octanol–water partition coefficient (Wildman–Crippen LogP) is 0.641. The van der Waals surface area contributed by atoms with E-state index >= 15 is 0 Å². The van der Waals surface area contributed by atoms with Crippen molar-refractivity contribution in [3.8, 4) is 0 Å². The van der Waals surface area contributed by atoms with Crippen molar-refractivity contribution in [1.82, 2.24) is 19.7 Å². The number of halogens is 1. The fourth-order valence-electron chi connectivity index (χ4n) is 2.16. The minimum absolute atomic E-state index is 0.149. The van der Waals surface area contributed by atoms with Crippen LogP contribution in [0.15, 0.2) is 23.3 Å². The third kappa shape index (κ3) is 1.26. The number of fused-ring (bicyclic) bond motifs is 1. The molecule has 0 aliphatic carbocycles. The molecule has 82 valence electrons. The maximum atomic E-state index is 13.0. The summed E-state index contributed by atoms with van der Waals surface area (Å²) in [6, 6.07) is 1.26. The highest BCUT2D eigenvalue weighted by atomic mass is 19.1. The molecule has 5 nitrogen and oxygen atoms in total. The molecular weight excluding hydrogens is 211 g/mol. The third-order valence-electron chi connectivity index (χ3n) is 2.84. The second kappa shape index (κ2) is 3.26. The van der Waals surface area contributed by atoms with E-state index in [1.54, 1.807) is 10.8 Å². The number of aryl methyl sites for hydroxylation is 1. The van der Waals surface area contributed by atoms with Gasteiger partial charge in [0.25, 0.3) is 0 Å². The van der Waals surface area contributed by atoms with E-state index in [1.807, 2.05) is 0 Å². The Morgan fingerprint density at radius 3 is 3.19 bits per heavy atom. The van der Waals surface area contributed by atoms with Crippen LogP contribution in [-0.4, -0.2) is 19.7 Å². The third-order valence-corrected chi connectivity index (χ3v) is 2.84. The van der Waals surface area contributed by atoms with Gasteiger partial charge < -0.3 is 0 Å². The molecule has 0 unspecified atom stereocenters. The summed E-state index contributed by atoms with van der Waals surface area (Å²) in [5, 5.41) is 6.30. The van der Waals surface area contributed by atoms with Gasteiger partial charge >= 0.3 is 5.69 Å². The fraction of sp³-hybridized carbons (Fsp3) is 0.300. The number of pyridine rings is 1. The van der Waals surface area contributed by atoms with Crippen molar-refractivity contribution in [1.29, 1.82) is 0 Å². The summed E-state index contributed by atoms with van der Waals surface area (Å²) in [5.74, 6) is 0.335. The Morgan fingerprint density at radius 1 is 1.50 bits per heavy atom. The number of hydrogen-bond acceptors (Lipinski definition) is 3. The Bertz CT molecular complexity index is 589. The Hall–Kier alpha value is -1.98. The average molecular weight is 220 g/mol. The van der Waals surface area contributed by atoms with Gasteiger partial charge in [-0.1, -0.05) is 0 Å². The zero-order valence-electron chi connectivity index (χ0n) is 8.35. The Labute approximate surface area is 90.0 Å². The lowest BCUT2D eigenvalue weighted by Gasteiger charge is -2.10. The summed E-state index contributed by atoms with van der Waals surface area (Å²) >= 11 is 0. The maximum absolute atomic E-state index is 13.0. The minimum atomic E-state index is -0.387. The quantitative estimate of drug-likeness (QED) is 0.767. The summed E-state index contributed by atoms with van der Waals surface area (Å²) in [6.45, 7) is 0. The first-order chi connectivity index (χ1) is 7.75. The molecule has 1 aliphatic heterocycles. The standard InChI is InChI=1S/C10H9FN4O/c11-7-3-6(4-12-5-7)8-1-2-9-13-14-10(16)15(8)9/h3-5,8H,1-2H2,(H,14,16)/t8-/m1/s1. The summed E-state index contributed by atoms with van der Waals surface area (Å²) in [5.41, 5.74) is 0.462. The van der Waals surface area contributed by atoms with E-state index in [1.165, 1.54) is 6.07 Å². The van der Waals surface area contributed by atoms with Gasteiger partial charge in [0, 0.05) is 12.6 Å². The van der Waals surface area contributed by atoms with Crippen molar-refractivity contribution < 1.29 is 4.39 Å². The summed E-state index contributed by atoms with van der Waals surface area (Å²) < 4.78 is 14.6. The number of nitrogens with one attached hydrogen (secondary N) is 1. The van der Waals surface area contributed by atoms with Crippen molar-refractivity contribution >= 4 is 0 Å². The number of H-pyrrole nitrogens is 1. The highest BCUT2D eigenvalue weighted by Crippen LogP contribution is 2.28. The molecule has 1 N–H and O–H groups in total. The molecule has 0 saturated heterocycles. The van der Waals surface area contributed by atoms with Crippen molar-refractivity contribution in [2.24, 2.45) is 0 Å². The van der Waals surface area contributed by atoms with Crippen LogP contribution in [0.4, 0.5) is 4.39 Å². The van der Waals surface area contributed by atoms with Crippen LogP contribution in [0.2, 0.25) is 0 Å². The molecule has 6 heteroatoms. The van der Waals surface area contributed by atoms with Gasteiger partial charge in [-0.3, -0.25) is 9.55 Å². The van der Waals surface area contributed by atoms with Gasteiger partial charge in [-0.05, 0) is 18.1 Å². The number of aromatic nitrogens is 4.